The van der Waals surface area contributed by atoms with E-state index in [0.717, 1.165) is 50.8 Å². The van der Waals surface area contributed by atoms with Gasteiger partial charge >= 0.3 is 5.97 Å². The Kier molecular flexibility index (Phi) is 8.41. The van der Waals surface area contributed by atoms with Crippen LogP contribution in [0.3, 0.4) is 0 Å². The predicted octanol–water partition coefficient (Wildman–Crippen LogP) is 2.98. The van der Waals surface area contributed by atoms with Crippen LogP contribution in [0, 0.1) is 0 Å². The zero-order valence-electron chi connectivity index (χ0n) is 19.9. The summed E-state index contributed by atoms with van der Waals surface area (Å²) in [4.78, 5) is 27.4. The van der Waals surface area contributed by atoms with E-state index in [1.807, 2.05) is 30.3 Å². The third kappa shape index (κ3) is 6.41. The number of carbonyl (C=O) groups excluding carboxylic acids is 2. The van der Waals surface area contributed by atoms with E-state index in [4.69, 9.17) is 4.74 Å². The second-order valence-electron chi connectivity index (χ2n) is 9.00. The highest BCUT2D eigenvalue weighted by Crippen LogP contribution is 2.30. The standard InChI is InChI=1S/C26H33N3O5S/c30-25(27-14-13-21-9-3-1-4-10-21)20-34-26(31)23-19-22(11-12-24(23)28-15-7-8-16-28)35(32,33)29-17-5-2-6-18-29/h1,3-4,9-12,19H,2,5-8,13-18,20H2,(H,27,30). The van der Waals surface area contributed by atoms with Gasteiger partial charge in [-0.2, -0.15) is 4.31 Å². The number of nitrogens with zero attached hydrogens (tertiary/aromatic N) is 2. The van der Waals surface area contributed by atoms with Gasteiger partial charge < -0.3 is 15.0 Å². The molecule has 2 aliphatic rings. The number of carbonyl (C=O) groups is 2. The summed E-state index contributed by atoms with van der Waals surface area (Å²) in [7, 11) is -3.70. The summed E-state index contributed by atoms with van der Waals surface area (Å²) in [6, 6.07) is 14.5. The normalized spacial score (nSPS) is 16.7. The number of esters is 1. The average Bonchev–Trinajstić information content (AvgIpc) is 3.43. The van der Waals surface area contributed by atoms with Crippen molar-refractivity contribution in [1.29, 1.82) is 0 Å². The molecule has 0 atom stereocenters. The van der Waals surface area contributed by atoms with Gasteiger partial charge in [-0.25, -0.2) is 13.2 Å². The molecule has 2 heterocycles. The summed E-state index contributed by atoms with van der Waals surface area (Å²) >= 11 is 0. The SMILES string of the molecule is O=C(COC(=O)c1cc(S(=O)(=O)N2CCCCC2)ccc1N1CCCC1)NCCc1ccccc1. The molecule has 35 heavy (non-hydrogen) atoms. The van der Waals surface area contributed by atoms with E-state index in [-0.39, 0.29) is 10.5 Å². The topological polar surface area (TPSA) is 96.0 Å². The van der Waals surface area contributed by atoms with Gasteiger partial charge in [-0.05, 0) is 55.9 Å². The summed E-state index contributed by atoms with van der Waals surface area (Å²) in [5.41, 5.74) is 1.93. The number of sulfonamides is 1. The largest absolute Gasteiger partial charge is 0.452 e. The molecule has 0 radical (unpaired) electrons. The molecule has 0 aliphatic carbocycles. The fraction of sp³-hybridized carbons (Fsp3) is 0.462. The fourth-order valence-electron chi connectivity index (χ4n) is 4.58. The second-order valence-corrected chi connectivity index (χ2v) is 10.9. The van der Waals surface area contributed by atoms with Gasteiger partial charge in [0.2, 0.25) is 10.0 Å². The van der Waals surface area contributed by atoms with Crippen molar-refractivity contribution in [3.63, 3.8) is 0 Å². The molecule has 8 nitrogen and oxygen atoms in total. The number of hydrogen-bond acceptors (Lipinski definition) is 6. The minimum Gasteiger partial charge on any atom is -0.452 e. The number of hydrogen-bond donors (Lipinski definition) is 1. The lowest BCUT2D eigenvalue weighted by molar-refractivity contribution is -0.124. The lowest BCUT2D eigenvalue weighted by atomic mass is 10.1. The van der Waals surface area contributed by atoms with Crippen molar-refractivity contribution < 1.29 is 22.7 Å². The molecule has 0 aromatic heterocycles. The number of piperidine rings is 1. The molecule has 0 saturated carbocycles. The molecule has 4 rings (SSSR count). The van der Waals surface area contributed by atoms with Gasteiger partial charge in [0.05, 0.1) is 16.1 Å². The van der Waals surface area contributed by atoms with Crippen molar-refractivity contribution in [2.24, 2.45) is 0 Å². The van der Waals surface area contributed by atoms with Gasteiger partial charge in [0.1, 0.15) is 0 Å². The van der Waals surface area contributed by atoms with E-state index >= 15 is 0 Å². The molecule has 1 amide bonds. The molecule has 0 bridgehead atoms. The number of anilines is 1. The van der Waals surface area contributed by atoms with Gasteiger partial charge in [-0.15, -0.1) is 0 Å². The van der Waals surface area contributed by atoms with Crippen LogP contribution < -0.4 is 10.2 Å². The molecule has 1 N–H and O–H groups in total. The Bertz CT molecular complexity index is 1120. The van der Waals surface area contributed by atoms with Gasteiger partial charge in [0, 0.05) is 32.7 Å². The molecule has 0 spiro atoms. The van der Waals surface area contributed by atoms with Gasteiger partial charge in [0.25, 0.3) is 5.91 Å². The number of benzene rings is 2. The predicted molar refractivity (Wildman–Crippen MR) is 134 cm³/mol. The molecule has 188 valence electrons. The second kappa shape index (κ2) is 11.7. The van der Waals surface area contributed by atoms with Crippen LogP contribution in [0.5, 0.6) is 0 Å². The summed E-state index contributed by atoms with van der Waals surface area (Å²) in [6.45, 7) is 2.56. The van der Waals surface area contributed by atoms with Crippen molar-refractivity contribution in [3.8, 4) is 0 Å². The first-order chi connectivity index (χ1) is 16.9. The van der Waals surface area contributed by atoms with Crippen molar-refractivity contribution in [2.45, 2.75) is 43.4 Å². The Morgan fingerprint density at radius 2 is 1.57 bits per heavy atom. The first kappa shape index (κ1) is 25.2. The smallest absolute Gasteiger partial charge is 0.340 e. The van der Waals surface area contributed by atoms with Crippen molar-refractivity contribution in [1.82, 2.24) is 9.62 Å². The molecule has 2 fully saturated rings. The summed E-state index contributed by atoms with van der Waals surface area (Å²) in [6.07, 6.45) is 5.37. The Labute approximate surface area is 207 Å². The van der Waals surface area contributed by atoms with Gasteiger partial charge in [0.15, 0.2) is 6.61 Å². The maximum Gasteiger partial charge on any atom is 0.340 e. The number of rotatable bonds is 9. The number of ether oxygens (including phenoxy) is 1. The Morgan fingerprint density at radius 1 is 0.886 bits per heavy atom. The van der Waals surface area contributed by atoms with E-state index in [0.29, 0.717) is 31.7 Å². The lowest BCUT2D eigenvalue weighted by Crippen LogP contribution is -2.35. The third-order valence-corrected chi connectivity index (χ3v) is 8.40. The van der Waals surface area contributed by atoms with Crippen LogP contribution in [0.1, 0.15) is 48.0 Å². The first-order valence-corrected chi connectivity index (χ1v) is 13.8. The minimum absolute atomic E-state index is 0.0848. The van der Waals surface area contributed by atoms with E-state index in [1.54, 1.807) is 12.1 Å². The van der Waals surface area contributed by atoms with E-state index in [1.165, 1.54) is 10.4 Å². The fourth-order valence-corrected chi connectivity index (χ4v) is 6.12. The summed E-state index contributed by atoms with van der Waals surface area (Å²) in [5.74, 6) is -1.09. The van der Waals surface area contributed by atoms with Crippen molar-refractivity contribution >= 4 is 27.6 Å². The van der Waals surface area contributed by atoms with Crippen LogP contribution in [0.4, 0.5) is 5.69 Å². The van der Waals surface area contributed by atoms with Crippen LogP contribution in [0.2, 0.25) is 0 Å². The quantitative estimate of drug-likeness (QED) is 0.533. The van der Waals surface area contributed by atoms with Crippen LogP contribution in [0.25, 0.3) is 0 Å². The lowest BCUT2D eigenvalue weighted by Gasteiger charge is -2.27. The molecule has 0 unspecified atom stereocenters. The highest BCUT2D eigenvalue weighted by Gasteiger charge is 2.29. The summed E-state index contributed by atoms with van der Waals surface area (Å²) in [5, 5.41) is 2.76. The van der Waals surface area contributed by atoms with E-state index in [2.05, 4.69) is 10.2 Å². The van der Waals surface area contributed by atoms with E-state index < -0.39 is 28.5 Å². The van der Waals surface area contributed by atoms with Gasteiger partial charge in [-0.3, -0.25) is 4.79 Å². The molecular weight excluding hydrogens is 466 g/mol. The summed E-state index contributed by atoms with van der Waals surface area (Å²) < 4.78 is 33.2. The zero-order valence-corrected chi connectivity index (χ0v) is 20.8. The highest BCUT2D eigenvalue weighted by atomic mass is 32.2. The number of amides is 1. The number of nitrogens with one attached hydrogen (secondary N) is 1. The van der Waals surface area contributed by atoms with Gasteiger partial charge in [-0.1, -0.05) is 36.8 Å². The Hall–Kier alpha value is -2.91. The Morgan fingerprint density at radius 3 is 2.29 bits per heavy atom. The van der Waals surface area contributed by atoms with Crippen LogP contribution >= 0.6 is 0 Å². The highest BCUT2D eigenvalue weighted by molar-refractivity contribution is 7.89. The molecular formula is C26H33N3O5S. The Balaban J connectivity index is 1.44. The third-order valence-electron chi connectivity index (χ3n) is 6.50. The molecule has 2 aromatic rings. The first-order valence-electron chi connectivity index (χ1n) is 12.3. The van der Waals surface area contributed by atoms with Crippen LogP contribution in [0.15, 0.2) is 53.4 Å². The van der Waals surface area contributed by atoms with Crippen molar-refractivity contribution in [2.75, 3.05) is 44.2 Å². The van der Waals surface area contributed by atoms with Crippen LogP contribution in [-0.2, 0) is 26.0 Å². The average molecular weight is 500 g/mol. The monoisotopic (exact) mass is 499 g/mol. The molecule has 9 heteroatoms. The van der Waals surface area contributed by atoms with E-state index in [9.17, 15) is 18.0 Å². The molecule has 2 aliphatic heterocycles. The van der Waals surface area contributed by atoms with Crippen molar-refractivity contribution in [3.05, 3.63) is 59.7 Å². The van der Waals surface area contributed by atoms with Crippen LogP contribution in [-0.4, -0.2) is 63.9 Å². The molecule has 2 aromatic carbocycles. The zero-order chi connectivity index (χ0) is 24.7. The molecule has 2 saturated heterocycles. The maximum absolute atomic E-state index is 13.2. The minimum atomic E-state index is -3.70. The maximum atomic E-state index is 13.2.